The third kappa shape index (κ3) is 1.62. The van der Waals surface area contributed by atoms with Gasteiger partial charge in [0.25, 0.3) is 0 Å². The highest BCUT2D eigenvalue weighted by Crippen LogP contribution is 2.36. The molecular formula is C11H19NO. The minimum absolute atomic E-state index is 0.598. The Morgan fingerprint density at radius 3 is 2.85 bits per heavy atom. The van der Waals surface area contributed by atoms with Gasteiger partial charge in [-0.1, -0.05) is 12.8 Å². The molecule has 2 unspecified atom stereocenters. The first-order valence-electron chi connectivity index (χ1n) is 5.79. The van der Waals surface area contributed by atoms with E-state index in [1.54, 1.807) is 0 Å². The Morgan fingerprint density at radius 1 is 1.15 bits per heavy atom. The standard InChI is InChI=1S/C11H19NO/c1-2-4-11-9(3-1)5-6-12(11)7-10-8-13-10/h9-11H,1-8H2/t9?,10-,11?/m1/s1. The van der Waals surface area contributed by atoms with Gasteiger partial charge in [-0.05, 0) is 31.7 Å². The predicted octanol–water partition coefficient (Wildman–Crippen LogP) is 1.65. The van der Waals surface area contributed by atoms with E-state index in [9.17, 15) is 0 Å². The second-order valence-corrected chi connectivity index (χ2v) is 4.85. The van der Waals surface area contributed by atoms with Crippen LogP contribution in [-0.2, 0) is 4.74 Å². The highest BCUT2D eigenvalue weighted by atomic mass is 16.6. The molecule has 0 bridgehead atoms. The van der Waals surface area contributed by atoms with Crippen LogP contribution in [-0.4, -0.2) is 36.7 Å². The number of hydrogen-bond acceptors (Lipinski definition) is 2. The third-order valence-corrected chi connectivity index (χ3v) is 3.97. The zero-order chi connectivity index (χ0) is 8.67. The van der Waals surface area contributed by atoms with Crippen LogP contribution >= 0.6 is 0 Å². The predicted molar refractivity (Wildman–Crippen MR) is 51.7 cm³/mol. The summed E-state index contributed by atoms with van der Waals surface area (Å²) in [6, 6.07) is 0.929. The fourth-order valence-electron chi connectivity index (χ4n) is 3.16. The van der Waals surface area contributed by atoms with Gasteiger partial charge in [-0.3, -0.25) is 4.90 Å². The number of ether oxygens (including phenoxy) is 1. The van der Waals surface area contributed by atoms with Gasteiger partial charge in [-0.2, -0.15) is 0 Å². The molecule has 2 nitrogen and oxygen atoms in total. The molecule has 0 radical (unpaired) electrons. The minimum Gasteiger partial charge on any atom is -0.372 e. The Labute approximate surface area is 80.2 Å². The molecule has 3 rings (SSSR count). The molecule has 3 aliphatic rings. The molecule has 0 N–H and O–H groups in total. The van der Waals surface area contributed by atoms with E-state index in [1.165, 1.54) is 45.2 Å². The van der Waals surface area contributed by atoms with E-state index in [4.69, 9.17) is 4.74 Å². The molecule has 1 saturated carbocycles. The van der Waals surface area contributed by atoms with E-state index >= 15 is 0 Å². The lowest BCUT2D eigenvalue weighted by Crippen LogP contribution is -2.37. The van der Waals surface area contributed by atoms with Crippen molar-refractivity contribution in [2.24, 2.45) is 5.92 Å². The van der Waals surface area contributed by atoms with Crippen LogP contribution in [0, 0.1) is 5.92 Å². The van der Waals surface area contributed by atoms with Gasteiger partial charge in [-0.15, -0.1) is 0 Å². The van der Waals surface area contributed by atoms with Gasteiger partial charge < -0.3 is 4.74 Å². The zero-order valence-corrected chi connectivity index (χ0v) is 8.24. The van der Waals surface area contributed by atoms with Crippen molar-refractivity contribution in [3.8, 4) is 0 Å². The van der Waals surface area contributed by atoms with E-state index in [0.717, 1.165) is 18.6 Å². The fraction of sp³-hybridized carbons (Fsp3) is 1.00. The van der Waals surface area contributed by atoms with Crippen LogP contribution in [0.4, 0.5) is 0 Å². The number of nitrogens with zero attached hydrogens (tertiary/aromatic N) is 1. The highest BCUT2D eigenvalue weighted by molar-refractivity contribution is 4.91. The molecule has 1 aliphatic carbocycles. The van der Waals surface area contributed by atoms with Gasteiger partial charge in [0.05, 0.1) is 12.7 Å². The Kier molecular flexibility index (Phi) is 2.06. The summed E-state index contributed by atoms with van der Waals surface area (Å²) in [5, 5.41) is 0. The summed E-state index contributed by atoms with van der Waals surface area (Å²) in [7, 11) is 0. The van der Waals surface area contributed by atoms with E-state index in [2.05, 4.69) is 4.90 Å². The third-order valence-electron chi connectivity index (χ3n) is 3.97. The van der Waals surface area contributed by atoms with Gasteiger partial charge in [0, 0.05) is 12.6 Å². The Balaban J connectivity index is 1.61. The maximum absolute atomic E-state index is 5.31. The minimum atomic E-state index is 0.598. The van der Waals surface area contributed by atoms with Crippen molar-refractivity contribution in [3.05, 3.63) is 0 Å². The average molecular weight is 181 g/mol. The van der Waals surface area contributed by atoms with Crippen LogP contribution in [0.15, 0.2) is 0 Å². The van der Waals surface area contributed by atoms with Crippen molar-refractivity contribution in [1.82, 2.24) is 4.90 Å². The molecule has 3 atom stereocenters. The molecule has 3 fully saturated rings. The lowest BCUT2D eigenvalue weighted by Gasteiger charge is -2.31. The fourth-order valence-corrected chi connectivity index (χ4v) is 3.16. The van der Waals surface area contributed by atoms with Crippen LogP contribution in [0.3, 0.4) is 0 Å². The van der Waals surface area contributed by atoms with Crippen molar-refractivity contribution in [3.63, 3.8) is 0 Å². The van der Waals surface area contributed by atoms with Gasteiger partial charge in [0.1, 0.15) is 0 Å². The van der Waals surface area contributed by atoms with Crippen molar-refractivity contribution in [2.45, 2.75) is 44.2 Å². The van der Waals surface area contributed by atoms with Gasteiger partial charge in [0.2, 0.25) is 0 Å². The molecule has 2 heteroatoms. The van der Waals surface area contributed by atoms with Gasteiger partial charge in [0.15, 0.2) is 0 Å². The smallest absolute Gasteiger partial charge is 0.0936 e. The van der Waals surface area contributed by atoms with E-state index in [-0.39, 0.29) is 0 Å². The molecule has 0 aromatic rings. The van der Waals surface area contributed by atoms with E-state index in [0.29, 0.717) is 6.10 Å². The van der Waals surface area contributed by atoms with Crippen LogP contribution in [0.2, 0.25) is 0 Å². The molecule has 2 saturated heterocycles. The van der Waals surface area contributed by atoms with Crippen molar-refractivity contribution in [2.75, 3.05) is 19.7 Å². The van der Waals surface area contributed by atoms with E-state index < -0.39 is 0 Å². The van der Waals surface area contributed by atoms with Crippen molar-refractivity contribution in [1.29, 1.82) is 0 Å². The molecule has 2 aliphatic heterocycles. The highest BCUT2D eigenvalue weighted by Gasteiger charge is 2.38. The average Bonchev–Trinajstić information content (AvgIpc) is 2.88. The van der Waals surface area contributed by atoms with Gasteiger partial charge >= 0.3 is 0 Å². The Morgan fingerprint density at radius 2 is 2.00 bits per heavy atom. The Bertz CT molecular complexity index is 191. The molecule has 0 aromatic carbocycles. The maximum Gasteiger partial charge on any atom is 0.0936 e. The molecule has 0 amide bonds. The van der Waals surface area contributed by atoms with Crippen LogP contribution in [0.25, 0.3) is 0 Å². The number of rotatable bonds is 2. The molecule has 2 heterocycles. The summed E-state index contributed by atoms with van der Waals surface area (Å²) in [4.78, 5) is 2.70. The SMILES string of the molecule is C1CCC2C(C1)CCN2C[C@@H]1CO1. The van der Waals surface area contributed by atoms with Crippen LogP contribution in [0.1, 0.15) is 32.1 Å². The number of likely N-dealkylation sites (tertiary alicyclic amines) is 1. The Hall–Kier alpha value is -0.0800. The second-order valence-electron chi connectivity index (χ2n) is 4.85. The summed E-state index contributed by atoms with van der Waals surface area (Å²) < 4.78 is 5.31. The molecule has 74 valence electrons. The first-order chi connectivity index (χ1) is 6.43. The molecule has 13 heavy (non-hydrogen) atoms. The van der Waals surface area contributed by atoms with E-state index in [1.807, 2.05) is 0 Å². The van der Waals surface area contributed by atoms with Crippen molar-refractivity contribution < 1.29 is 4.74 Å². The second kappa shape index (κ2) is 3.25. The number of fused-ring (bicyclic) bond motifs is 1. The lowest BCUT2D eigenvalue weighted by molar-refractivity contribution is 0.169. The summed E-state index contributed by atoms with van der Waals surface area (Å²) >= 11 is 0. The topological polar surface area (TPSA) is 15.8 Å². The summed E-state index contributed by atoms with van der Waals surface area (Å²) in [6.07, 6.45) is 7.94. The number of epoxide rings is 1. The quantitative estimate of drug-likeness (QED) is 0.602. The maximum atomic E-state index is 5.31. The first kappa shape index (κ1) is 8.25. The first-order valence-corrected chi connectivity index (χ1v) is 5.79. The normalized spacial score (nSPS) is 44.8. The summed E-state index contributed by atoms with van der Waals surface area (Å²) in [6.45, 7) is 3.59. The van der Waals surface area contributed by atoms with Crippen molar-refractivity contribution >= 4 is 0 Å². The number of hydrogen-bond donors (Lipinski definition) is 0. The van der Waals surface area contributed by atoms with Gasteiger partial charge in [-0.25, -0.2) is 0 Å². The monoisotopic (exact) mass is 181 g/mol. The summed E-state index contributed by atoms with van der Waals surface area (Å²) in [5.41, 5.74) is 0. The molecule has 0 aromatic heterocycles. The lowest BCUT2D eigenvalue weighted by atomic mass is 9.85. The van der Waals surface area contributed by atoms with Crippen LogP contribution in [0.5, 0.6) is 0 Å². The molecular weight excluding hydrogens is 162 g/mol. The van der Waals surface area contributed by atoms with Crippen LogP contribution < -0.4 is 0 Å². The largest absolute Gasteiger partial charge is 0.372 e. The summed E-state index contributed by atoms with van der Waals surface area (Å²) in [5.74, 6) is 1.03. The zero-order valence-electron chi connectivity index (χ0n) is 8.24. The molecule has 0 spiro atoms.